The van der Waals surface area contributed by atoms with Crippen LogP contribution in [-0.2, 0) is 16.6 Å². The summed E-state index contributed by atoms with van der Waals surface area (Å²) in [7, 11) is -2.16. The Bertz CT molecular complexity index is 1380. The quantitative estimate of drug-likeness (QED) is 0.281. The molecular formula is C28H28N2O4S. The van der Waals surface area contributed by atoms with Crippen molar-refractivity contribution in [3.05, 3.63) is 108 Å². The van der Waals surface area contributed by atoms with Gasteiger partial charge in [-0.25, -0.2) is 8.42 Å². The molecule has 0 aliphatic carbocycles. The average molecular weight is 489 g/mol. The van der Waals surface area contributed by atoms with Crippen molar-refractivity contribution in [3.63, 3.8) is 0 Å². The van der Waals surface area contributed by atoms with Crippen molar-refractivity contribution in [2.75, 3.05) is 17.1 Å². The van der Waals surface area contributed by atoms with Crippen molar-refractivity contribution in [3.8, 4) is 17.2 Å². The highest BCUT2D eigenvalue weighted by Gasteiger charge is 2.17. The predicted octanol–water partition coefficient (Wildman–Crippen LogP) is 6.52. The number of rotatable bonds is 9. The van der Waals surface area contributed by atoms with Gasteiger partial charge in [0.05, 0.1) is 23.4 Å². The first-order chi connectivity index (χ1) is 16.8. The standard InChI is InChI=1S/C28H28N2O4S/c1-20-4-8-22(9-5-20)19-29-28-18-25(34-24-12-10-23(33-3)11-13-24)14-17-27(28)30-35(31,32)26-15-6-21(2)7-16-26/h4-18,29-30H,19H2,1-3H3. The highest BCUT2D eigenvalue weighted by atomic mass is 32.2. The Morgan fingerprint density at radius 2 is 1.26 bits per heavy atom. The Morgan fingerprint density at radius 3 is 1.89 bits per heavy atom. The lowest BCUT2D eigenvalue weighted by Gasteiger charge is -2.16. The van der Waals surface area contributed by atoms with Crippen LogP contribution in [0.15, 0.2) is 95.9 Å². The minimum absolute atomic E-state index is 0.200. The third-order valence-corrected chi connectivity index (χ3v) is 6.85. The number of nitrogens with one attached hydrogen (secondary N) is 2. The first kappa shape index (κ1) is 24.2. The van der Waals surface area contributed by atoms with Gasteiger partial charge in [0.2, 0.25) is 0 Å². The Labute approximate surface area is 206 Å². The number of ether oxygens (including phenoxy) is 2. The molecule has 0 unspecified atom stereocenters. The van der Waals surface area contributed by atoms with E-state index in [1.54, 1.807) is 49.6 Å². The van der Waals surface area contributed by atoms with Gasteiger partial charge in [0.25, 0.3) is 10.0 Å². The van der Waals surface area contributed by atoms with Crippen LogP contribution in [0.4, 0.5) is 11.4 Å². The lowest BCUT2D eigenvalue weighted by Crippen LogP contribution is -2.14. The molecule has 0 aliphatic heterocycles. The van der Waals surface area contributed by atoms with E-state index in [0.717, 1.165) is 16.9 Å². The van der Waals surface area contributed by atoms with Gasteiger partial charge in [0, 0.05) is 12.6 Å². The Hall–Kier alpha value is -3.97. The zero-order valence-electron chi connectivity index (χ0n) is 19.9. The molecule has 2 N–H and O–H groups in total. The van der Waals surface area contributed by atoms with Crippen LogP contribution in [0, 0.1) is 13.8 Å². The van der Waals surface area contributed by atoms with E-state index in [1.807, 2.05) is 62.4 Å². The van der Waals surface area contributed by atoms with E-state index in [0.29, 0.717) is 29.4 Å². The molecule has 4 aromatic carbocycles. The van der Waals surface area contributed by atoms with E-state index in [1.165, 1.54) is 5.56 Å². The lowest BCUT2D eigenvalue weighted by atomic mass is 10.1. The van der Waals surface area contributed by atoms with Crippen LogP contribution in [-0.4, -0.2) is 15.5 Å². The number of benzene rings is 4. The number of aryl methyl sites for hydroxylation is 2. The van der Waals surface area contributed by atoms with Crippen LogP contribution in [0.5, 0.6) is 17.2 Å². The molecular weight excluding hydrogens is 460 g/mol. The van der Waals surface area contributed by atoms with Crippen molar-refractivity contribution >= 4 is 21.4 Å². The third kappa shape index (κ3) is 6.33. The Kier molecular flexibility index (Phi) is 7.27. The van der Waals surface area contributed by atoms with Gasteiger partial charge in [-0.3, -0.25) is 4.72 Å². The summed E-state index contributed by atoms with van der Waals surface area (Å²) in [6.07, 6.45) is 0. The van der Waals surface area contributed by atoms with Gasteiger partial charge in [0.1, 0.15) is 17.2 Å². The van der Waals surface area contributed by atoms with Gasteiger partial charge < -0.3 is 14.8 Å². The molecule has 7 heteroatoms. The van der Waals surface area contributed by atoms with Gasteiger partial charge in [-0.05, 0) is 67.9 Å². The summed E-state index contributed by atoms with van der Waals surface area (Å²) in [5.41, 5.74) is 4.27. The summed E-state index contributed by atoms with van der Waals surface area (Å²) in [5.74, 6) is 1.95. The number of hydrogen-bond donors (Lipinski definition) is 2. The maximum Gasteiger partial charge on any atom is 0.261 e. The summed E-state index contributed by atoms with van der Waals surface area (Å²) in [5, 5.41) is 3.35. The molecule has 4 rings (SSSR count). The molecule has 0 amide bonds. The van der Waals surface area contributed by atoms with Gasteiger partial charge in [-0.15, -0.1) is 0 Å². The number of methoxy groups -OCH3 is 1. The average Bonchev–Trinajstić information content (AvgIpc) is 2.85. The minimum atomic E-state index is -3.77. The third-order valence-electron chi connectivity index (χ3n) is 5.47. The zero-order valence-corrected chi connectivity index (χ0v) is 20.7. The zero-order chi connectivity index (χ0) is 24.8. The number of anilines is 2. The highest BCUT2D eigenvalue weighted by molar-refractivity contribution is 7.92. The topological polar surface area (TPSA) is 76.7 Å². The largest absolute Gasteiger partial charge is 0.497 e. The number of hydrogen-bond acceptors (Lipinski definition) is 5. The molecule has 180 valence electrons. The van der Waals surface area contributed by atoms with Gasteiger partial charge >= 0.3 is 0 Å². The lowest BCUT2D eigenvalue weighted by molar-refractivity contribution is 0.413. The maximum absolute atomic E-state index is 13.0. The molecule has 0 spiro atoms. The molecule has 0 aromatic heterocycles. The fraction of sp³-hybridized carbons (Fsp3) is 0.143. The summed E-state index contributed by atoms with van der Waals surface area (Å²) in [6.45, 7) is 4.47. The van der Waals surface area contributed by atoms with E-state index >= 15 is 0 Å². The van der Waals surface area contributed by atoms with E-state index in [-0.39, 0.29) is 4.90 Å². The summed E-state index contributed by atoms with van der Waals surface area (Å²) >= 11 is 0. The fourth-order valence-electron chi connectivity index (χ4n) is 3.43. The molecule has 0 fully saturated rings. The minimum Gasteiger partial charge on any atom is -0.497 e. The van der Waals surface area contributed by atoms with Crippen LogP contribution in [0.25, 0.3) is 0 Å². The first-order valence-electron chi connectivity index (χ1n) is 11.2. The van der Waals surface area contributed by atoms with E-state index in [2.05, 4.69) is 10.0 Å². The second kappa shape index (κ2) is 10.5. The summed E-state index contributed by atoms with van der Waals surface area (Å²) < 4.78 is 40.0. The first-order valence-corrected chi connectivity index (χ1v) is 12.7. The van der Waals surface area contributed by atoms with Gasteiger partial charge in [-0.2, -0.15) is 0 Å². The fourth-order valence-corrected chi connectivity index (χ4v) is 4.51. The summed E-state index contributed by atoms with van der Waals surface area (Å²) in [6, 6.07) is 27.4. The molecule has 0 atom stereocenters. The van der Waals surface area contributed by atoms with Gasteiger partial charge in [-0.1, -0.05) is 47.5 Å². The Balaban J connectivity index is 1.61. The van der Waals surface area contributed by atoms with Crippen molar-refractivity contribution in [1.82, 2.24) is 0 Å². The Morgan fingerprint density at radius 1 is 0.686 bits per heavy atom. The molecule has 0 bridgehead atoms. The van der Waals surface area contributed by atoms with Crippen LogP contribution in [0.3, 0.4) is 0 Å². The molecule has 0 aliphatic rings. The van der Waals surface area contributed by atoms with Crippen molar-refractivity contribution in [2.45, 2.75) is 25.3 Å². The maximum atomic E-state index is 13.0. The smallest absolute Gasteiger partial charge is 0.261 e. The highest BCUT2D eigenvalue weighted by Crippen LogP contribution is 2.32. The van der Waals surface area contributed by atoms with E-state index in [4.69, 9.17) is 9.47 Å². The molecule has 35 heavy (non-hydrogen) atoms. The van der Waals surface area contributed by atoms with Crippen molar-refractivity contribution in [2.24, 2.45) is 0 Å². The molecule has 0 radical (unpaired) electrons. The summed E-state index contributed by atoms with van der Waals surface area (Å²) in [4.78, 5) is 0.200. The second-order valence-corrected chi connectivity index (χ2v) is 9.93. The van der Waals surface area contributed by atoms with E-state index in [9.17, 15) is 8.42 Å². The van der Waals surface area contributed by atoms with Crippen LogP contribution >= 0.6 is 0 Å². The molecule has 6 nitrogen and oxygen atoms in total. The van der Waals surface area contributed by atoms with Crippen molar-refractivity contribution < 1.29 is 17.9 Å². The SMILES string of the molecule is COc1ccc(Oc2ccc(NS(=O)(=O)c3ccc(C)cc3)c(NCc3ccc(C)cc3)c2)cc1. The molecule has 0 saturated carbocycles. The van der Waals surface area contributed by atoms with Crippen LogP contribution in [0.1, 0.15) is 16.7 Å². The predicted molar refractivity (Wildman–Crippen MR) is 140 cm³/mol. The molecule has 0 heterocycles. The second-order valence-electron chi connectivity index (χ2n) is 8.24. The van der Waals surface area contributed by atoms with Crippen LogP contribution in [0.2, 0.25) is 0 Å². The molecule has 0 saturated heterocycles. The monoisotopic (exact) mass is 488 g/mol. The van der Waals surface area contributed by atoms with Crippen LogP contribution < -0.4 is 19.5 Å². The van der Waals surface area contributed by atoms with Crippen molar-refractivity contribution in [1.29, 1.82) is 0 Å². The van der Waals surface area contributed by atoms with E-state index < -0.39 is 10.0 Å². The normalized spacial score (nSPS) is 11.1. The van der Waals surface area contributed by atoms with Gasteiger partial charge in [0.15, 0.2) is 0 Å². The number of sulfonamides is 1. The molecule has 4 aromatic rings.